The van der Waals surface area contributed by atoms with E-state index in [9.17, 15) is 0 Å². The second-order valence-electron chi connectivity index (χ2n) is 2.79. The van der Waals surface area contributed by atoms with Gasteiger partial charge in [0.25, 0.3) is 0 Å². The third kappa shape index (κ3) is 1.66. The maximum Gasteiger partial charge on any atom is 0.488 e. The summed E-state index contributed by atoms with van der Waals surface area (Å²) in [6.45, 7) is 0. The molecule has 2 aromatic rings. The summed E-state index contributed by atoms with van der Waals surface area (Å²) >= 11 is 0. The molecule has 70 valence electrons. The minimum atomic E-state index is -1.44. The molecule has 14 heavy (non-hydrogen) atoms. The summed E-state index contributed by atoms with van der Waals surface area (Å²) in [6, 6.07) is 6.64. The predicted octanol–water partition coefficient (Wildman–Crippen LogP) is -0.584. The van der Waals surface area contributed by atoms with Gasteiger partial charge in [0.1, 0.15) is 5.69 Å². The van der Waals surface area contributed by atoms with Crippen molar-refractivity contribution in [2.75, 3.05) is 0 Å². The van der Waals surface area contributed by atoms with E-state index in [1.54, 1.807) is 24.3 Å². The molecule has 5 nitrogen and oxygen atoms in total. The van der Waals surface area contributed by atoms with Crippen molar-refractivity contribution in [1.82, 2.24) is 10.4 Å². The van der Waals surface area contributed by atoms with Crippen LogP contribution < -0.4 is 5.46 Å². The highest BCUT2D eigenvalue weighted by molar-refractivity contribution is 6.58. The molecule has 6 heteroatoms. The number of aromatic nitrogens is 2. The Morgan fingerprint density at radius 3 is 2.36 bits per heavy atom. The largest absolute Gasteiger partial charge is 0.488 e. The molecule has 0 saturated carbocycles. The lowest BCUT2D eigenvalue weighted by Crippen LogP contribution is -2.29. The lowest BCUT2D eigenvalue weighted by molar-refractivity contribution is 0.393. The standard InChI is InChI=1S/C8H7BN2O3/c12-9(13)7-3-1-6(2-4-7)8-5-14-11-10-8/h1-5,12-13H. The van der Waals surface area contributed by atoms with Crippen molar-refractivity contribution in [3.63, 3.8) is 0 Å². The number of nitrogens with zero attached hydrogens (tertiary/aromatic N) is 2. The van der Waals surface area contributed by atoms with Crippen LogP contribution in [0.5, 0.6) is 0 Å². The molecule has 2 rings (SSSR count). The first-order valence-corrected chi connectivity index (χ1v) is 4.01. The Morgan fingerprint density at radius 1 is 1.14 bits per heavy atom. The maximum atomic E-state index is 8.85. The molecule has 0 amide bonds. The van der Waals surface area contributed by atoms with Crippen molar-refractivity contribution in [3.8, 4) is 11.3 Å². The molecule has 0 saturated heterocycles. The summed E-state index contributed by atoms with van der Waals surface area (Å²) in [5.41, 5.74) is 1.87. The second kappa shape index (κ2) is 3.61. The summed E-state index contributed by atoms with van der Waals surface area (Å²) in [7, 11) is -1.44. The summed E-state index contributed by atoms with van der Waals surface area (Å²) < 4.78 is 4.59. The van der Waals surface area contributed by atoms with Crippen molar-refractivity contribution in [2.45, 2.75) is 0 Å². The van der Waals surface area contributed by atoms with Crippen LogP contribution in [0.3, 0.4) is 0 Å². The van der Waals surface area contributed by atoms with Crippen molar-refractivity contribution in [3.05, 3.63) is 30.5 Å². The van der Waals surface area contributed by atoms with E-state index in [1.165, 1.54) is 6.26 Å². The molecule has 0 bridgehead atoms. The fourth-order valence-corrected chi connectivity index (χ4v) is 1.12. The Morgan fingerprint density at radius 2 is 1.86 bits per heavy atom. The lowest BCUT2D eigenvalue weighted by atomic mass is 9.80. The van der Waals surface area contributed by atoms with Gasteiger partial charge in [0.05, 0.1) is 0 Å². The Labute approximate surface area is 80.1 Å². The SMILES string of the molecule is OB(O)c1ccc(-c2conn2)cc1. The van der Waals surface area contributed by atoms with Crippen LogP contribution in [0.4, 0.5) is 0 Å². The number of hydrogen-bond donors (Lipinski definition) is 2. The molecule has 0 aliphatic heterocycles. The van der Waals surface area contributed by atoms with Crippen LogP contribution in [-0.4, -0.2) is 27.5 Å². The Balaban J connectivity index is 2.31. The second-order valence-corrected chi connectivity index (χ2v) is 2.79. The quantitative estimate of drug-likeness (QED) is 0.619. The van der Waals surface area contributed by atoms with Crippen molar-refractivity contribution < 1.29 is 14.6 Å². The summed E-state index contributed by atoms with van der Waals surface area (Å²) in [5, 5.41) is 24.8. The first-order chi connectivity index (χ1) is 6.77. The zero-order valence-corrected chi connectivity index (χ0v) is 7.16. The van der Waals surface area contributed by atoms with E-state index in [2.05, 4.69) is 14.9 Å². The molecule has 0 unspecified atom stereocenters. The highest BCUT2D eigenvalue weighted by Crippen LogP contribution is 2.13. The minimum absolute atomic E-state index is 0.435. The van der Waals surface area contributed by atoms with E-state index >= 15 is 0 Å². The minimum Gasteiger partial charge on any atom is -0.423 e. The lowest BCUT2D eigenvalue weighted by Gasteiger charge is -1.99. The average molecular weight is 190 g/mol. The monoisotopic (exact) mass is 190 g/mol. The maximum absolute atomic E-state index is 8.85. The zero-order chi connectivity index (χ0) is 9.97. The highest BCUT2D eigenvalue weighted by atomic mass is 16.5. The fraction of sp³-hybridized carbons (Fsp3) is 0. The number of rotatable bonds is 2. The first-order valence-electron chi connectivity index (χ1n) is 4.01. The summed E-state index contributed by atoms with van der Waals surface area (Å²) in [6.07, 6.45) is 1.42. The fourth-order valence-electron chi connectivity index (χ4n) is 1.12. The highest BCUT2D eigenvalue weighted by Gasteiger charge is 2.10. The van der Waals surface area contributed by atoms with Crippen molar-refractivity contribution in [2.24, 2.45) is 0 Å². The van der Waals surface area contributed by atoms with Crippen LogP contribution in [0.15, 0.2) is 35.1 Å². The molecule has 1 aromatic carbocycles. The Hall–Kier alpha value is -1.66. The summed E-state index contributed by atoms with van der Waals surface area (Å²) in [4.78, 5) is 0. The third-order valence-corrected chi connectivity index (χ3v) is 1.86. The van der Waals surface area contributed by atoms with Gasteiger partial charge in [0.15, 0.2) is 6.26 Å². The summed E-state index contributed by atoms with van der Waals surface area (Å²) in [5.74, 6) is 0. The smallest absolute Gasteiger partial charge is 0.423 e. The van der Waals surface area contributed by atoms with Gasteiger partial charge in [-0.15, -0.1) is 5.10 Å². The van der Waals surface area contributed by atoms with Gasteiger partial charge in [-0.3, -0.25) is 0 Å². The van der Waals surface area contributed by atoms with E-state index in [0.717, 1.165) is 5.56 Å². The van der Waals surface area contributed by atoms with Gasteiger partial charge in [-0.25, -0.2) is 0 Å². The molecular weight excluding hydrogens is 183 g/mol. The van der Waals surface area contributed by atoms with Crippen LogP contribution in [0.1, 0.15) is 0 Å². The molecule has 1 aromatic heterocycles. The van der Waals surface area contributed by atoms with E-state index in [1.807, 2.05) is 0 Å². The van der Waals surface area contributed by atoms with E-state index in [-0.39, 0.29) is 0 Å². The molecule has 1 heterocycles. The van der Waals surface area contributed by atoms with Crippen LogP contribution in [0, 0.1) is 0 Å². The van der Waals surface area contributed by atoms with E-state index < -0.39 is 7.12 Å². The number of hydrogen-bond acceptors (Lipinski definition) is 5. The molecule has 0 atom stereocenters. The van der Waals surface area contributed by atoms with Gasteiger partial charge < -0.3 is 14.6 Å². The van der Waals surface area contributed by atoms with Crippen LogP contribution in [-0.2, 0) is 0 Å². The van der Waals surface area contributed by atoms with Gasteiger partial charge >= 0.3 is 7.12 Å². The molecular formula is C8H7BN2O3. The molecule has 0 spiro atoms. The number of benzene rings is 1. The van der Waals surface area contributed by atoms with Crippen LogP contribution in [0.25, 0.3) is 11.3 Å². The predicted molar refractivity (Wildman–Crippen MR) is 49.6 cm³/mol. The van der Waals surface area contributed by atoms with Gasteiger partial charge in [-0.2, -0.15) is 0 Å². The Kier molecular flexibility index (Phi) is 2.30. The molecule has 0 aliphatic carbocycles. The molecule has 0 fully saturated rings. The van der Waals surface area contributed by atoms with Gasteiger partial charge in [0, 0.05) is 10.8 Å². The molecule has 0 aliphatic rings. The van der Waals surface area contributed by atoms with E-state index in [4.69, 9.17) is 10.0 Å². The molecule has 2 N–H and O–H groups in total. The third-order valence-electron chi connectivity index (χ3n) is 1.86. The topological polar surface area (TPSA) is 79.4 Å². The van der Waals surface area contributed by atoms with Crippen LogP contribution in [0.2, 0.25) is 0 Å². The zero-order valence-electron chi connectivity index (χ0n) is 7.16. The first kappa shape index (κ1) is 8.92. The van der Waals surface area contributed by atoms with E-state index in [0.29, 0.717) is 11.2 Å². The van der Waals surface area contributed by atoms with Gasteiger partial charge in [0.2, 0.25) is 0 Å². The normalized spacial score (nSPS) is 10.1. The Bertz CT molecular complexity index is 399. The van der Waals surface area contributed by atoms with Crippen molar-refractivity contribution in [1.29, 1.82) is 0 Å². The molecule has 0 radical (unpaired) electrons. The van der Waals surface area contributed by atoms with Crippen molar-refractivity contribution >= 4 is 12.6 Å². The van der Waals surface area contributed by atoms with Gasteiger partial charge in [-0.05, 0) is 5.46 Å². The van der Waals surface area contributed by atoms with Crippen LogP contribution >= 0.6 is 0 Å². The average Bonchev–Trinajstić information content (AvgIpc) is 2.71. The van der Waals surface area contributed by atoms with Gasteiger partial charge in [-0.1, -0.05) is 24.3 Å².